The van der Waals surface area contributed by atoms with Crippen LogP contribution in [0.4, 0.5) is 0 Å². The number of carbonyl (C=O) groups is 1. The maximum absolute atomic E-state index is 11.7. The molecule has 88 valence electrons. The Bertz CT molecular complexity index is 441. The van der Waals surface area contributed by atoms with Crippen LogP contribution in [0.25, 0.3) is 0 Å². The molecule has 0 amide bonds. The molecule has 0 aliphatic heterocycles. The number of ether oxygens (including phenoxy) is 1. The molecule has 1 aromatic carbocycles. The second kappa shape index (κ2) is 4.58. The number of benzene rings is 1. The van der Waals surface area contributed by atoms with Gasteiger partial charge < -0.3 is 4.74 Å². The van der Waals surface area contributed by atoms with Crippen molar-refractivity contribution in [3.63, 3.8) is 0 Å². The molecule has 0 unspecified atom stereocenters. The Morgan fingerprint density at radius 1 is 1.47 bits per heavy atom. The molecular weight excluding hydrogens is 214 g/mol. The highest BCUT2D eigenvalue weighted by Crippen LogP contribution is 2.51. The number of carbonyl (C=O) groups excluding carboxylic acids is 1. The first-order valence-electron chi connectivity index (χ1n) is 5.85. The summed E-state index contributed by atoms with van der Waals surface area (Å²) in [5.41, 5.74) is 0.291. The van der Waals surface area contributed by atoms with Crippen LogP contribution in [-0.2, 0) is 9.53 Å². The van der Waals surface area contributed by atoms with Gasteiger partial charge in [-0.25, -0.2) is 0 Å². The molecular formula is C14H15NO2. The summed E-state index contributed by atoms with van der Waals surface area (Å²) in [6, 6.07) is 12.1. The van der Waals surface area contributed by atoms with E-state index in [-0.39, 0.29) is 5.97 Å². The van der Waals surface area contributed by atoms with Gasteiger partial charge in [-0.1, -0.05) is 30.3 Å². The van der Waals surface area contributed by atoms with E-state index in [1.54, 1.807) is 6.92 Å². The minimum absolute atomic E-state index is 0.306. The molecule has 0 spiro atoms. The first-order chi connectivity index (χ1) is 8.22. The predicted octanol–water partition coefficient (Wildman–Crippen LogP) is 2.64. The standard InChI is InChI=1S/C14H15NO2/c1-2-17-13(16)14(10-15)8-12(9-14)11-6-4-3-5-7-11/h3-7,12H,2,8-9H2,1H3. The number of nitrogens with zero attached hydrogens (tertiary/aromatic N) is 1. The summed E-state index contributed by atoms with van der Waals surface area (Å²) in [5, 5.41) is 9.15. The van der Waals surface area contributed by atoms with Crippen molar-refractivity contribution in [2.45, 2.75) is 25.7 Å². The Kier molecular flexibility index (Phi) is 3.14. The molecule has 2 rings (SSSR count). The van der Waals surface area contributed by atoms with Crippen molar-refractivity contribution in [2.24, 2.45) is 5.41 Å². The Hall–Kier alpha value is -1.82. The summed E-state index contributed by atoms with van der Waals surface area (Å²) in [6.07, 6.45) is 1.15. The fourth-order valence-corrected chi connectivity index (χ4v) is 2.32. The summed E-state index contributed by atoms with van der Waals surface area (Å²) in [5.74, 6) is -0.0602. The van der Waals surface area contributed by atoms with Crippen LogP contribution in [0.3, 0.4) is 0 Å². The van der Waals surface area contributed by atoms with Crippen LogP contribution in [0.15, 0.2) is 30.3 Å². The Morgan fingerprint density at radius 3 is 2.65 bits per heavy atom. The number of esters is 1. The molecule has 0 atom stereocenters. The first kappa shape index (κ1) is 11.7. The van der Waals surface area contributed by atoms with Crippen LogP contribution in [0.2, 0.25) is 0 Å². The molecule has 0 heterocycles. The average molecular weight is 229 g/mol. The lowest BCUT2D eigenvalue weighted by atomic mass is 9.61. The highest BCUT2D eigenvalue weighted by atomic mass is 16.5. The van der Waals surface area contributed by atoms with Crippen molar-refractivity contribution in [3.05, 3.63) is 35.9 Å². The normalized spacial score (nSPS) is 26.7. The van der Waals surface area contributed by atoms with Crippen molar-refractivity contribution >= 4 is 5.97 Å². The molecule has 1 fully saturated rings. The van der Waals surface area contributed by atoms with Gasteiger partial charge in [-0.05, 0) is 31.2 Å². The minimum Gasteiger partial charge on any atom is -0.465 e. The van der Waals surface area contributed by atoms with Gasteiger partial charge in [0.15, 0.2) is 5.41 Å². The molecule has 0 bridgehead atoms. The van der Waals surface area contributed by atoms with E-state index in [1.807, 2.05) is 30.3 Å². The highest BCUT2D eigenvalue weighted by molar-refractivity contribution is 5.81. The van der Waals surface area contributed by atoms with Gasteiger partial charge >= 0.3 is 5.97 Å². The van der Waals surface area contributed by atoms with Gasteiger partial charge in [-0.15, -0.1) is 0 Å². The minimum atomic E-state index is -0.906. The zero-order chi connectivity index (χ0) is 12.3. The van der Waals surface area contributed by atoms with E-state index >= 15 is 0 Å². The first-order valence-corrected chi connectivity index (χ1v) is 5.85. The Labute approximate surface area is 101 Å². The van der Waals surface area contributed by atoms with Crippen molar-refractivity contribution in [1.82, 2.24) is 0 Å². The SMILES string of the molecule is CCOC(=O)C1(C#N)CC(c2ccccc2)C1. The van der Waals surface area contributed by atoms with Crippen molar-refractivity contribution < 1.29 is 9.53 Å². The predicted molar refractivity (Wildman–Crippen MR) is 63.1 cm³/mol. The third kappa shape index (κ3) is 2.03. The van der Waals surface area contributed by atoms with Crippen molar-refractivity contribution in [2.75, 3.05) is 6.61 Å². The smallest absolute Gasteiger partial charge is 0.326 e. The summed E-state index contributed by atoms with van der Waals surface area (Å²) < 4.78 is 4.96. The lowest BCUT2D eigenvalue weighted by molar-refractivity contribution is -0.157. The molecule has 3 heteroatoms. The highest BCUT2D eigenvalue weighted by Gasteiger charge is 2.52. The third-order valence-corrected chi connectivity index (χ3v) is 3.34. The van der Waals surface area contributed by atoms with Crippen LogP contribution in [0.1, 0.15) is 31.2 Å². The molecule has 0 N–H and O–H groups in total. The summed E-state index contributed by atoms with van der Waals surface area (Å²) >= 11 is 0. The van der Waals surface area contributed by atoms with Crippen LogP contribution < -0.4 is 0 Å². The van der Waals surface area contributed by atoms with Crippen molar-refractivity contribution in [3.8, 4) is 6.07 Å². The topological polar surface area (TPSA) is 50.1 Å². The fourth-order valence-electron chi connectivity index (χ4n) is 2.32. The summed E-state index contributed by atoms with van der Waals surface area (Å²) in [4.78, 5) is 11.7. The fraction of sp³-hybridized carbons (Fsp3) is 0.429. The molecule has 3 nitrogen and oxygen atoms in total. The maximum atomic E-state index is 11.7. The Morgan fingerprint density at radius 2 is 2.12 bits per heavy atom. The molecule has 1 aliphatic carbocycles. The van der Waals surface area contributed by atoms with Crippen molar-refractivity contribution in [1.29, 1.82) is 5.26 Å². The molecule has 0 aromatic heterocycles. The number of rotatable bonds is 3. The number of nitriles is 1. The monoisotopic (exact) mass is 229 g/mol. The van der Waals surface area contributed by atoms with Crippen LogP contribution in [-0.4, -0.2) is 12.6 Å². The van der Waals surface area contributed by atoms with Crippen LogP contribution in [0.5, 0.6) is 0 Å². The van der Waals surface area contributed by atoms with Crippen LogP contribution in [0, 0.1) is 16.7 Å². The zero-order valence-electron chi connectivity index (χ0n) is 9.85. The number of hydrogen-bond donors (Lipinski definition) is 0. The lowest BCUT2D eigenvalue weighted by Gasteiger charge is -2.40. The van der Waals surface area contributed by atoms with Crippen LogP contribution >= 0.6 is 0 Å². The van der Waals surface area contributed by atoms with E-state index in [2.05, 4.69) is 6.07 Å². The Balaban J connectivity index is 2.05. The lowest BCUT2D eigenvalue weighted by Crippen LogP contribution is -2.42. The van der Waals surface area contributed by atoms with E-state index in [9.17, 15) is 4.79 Å². The maximum Gasteiger partial charge on any atom is 0.326 e. The molecule has 0 radical (unpaired) electrons. The second-order valence-electron chi connectivity index (χ2n) is 4.43. The van der Waals surface area contributed by atoms with Gasteiger partial charge in [0.25, 0.3) is 0 Å². The molecule has 0 saturated heterocycles. The van der Waals surface area contributed by atoms with E-state index in [0.717, 1.165) is 0 Å². The average Bonchev–Trinajstić information content (AvgIpc) is 2.30. The largest absolute Gasteiger partial charge is 0.465 e. The molecule has 1 saturated carbocycles. The zero-order valence-corrected chi connectivity index (χ0v) is 9.85. The molecule has 1 aromatic rings. The van der Waals surface area contributed by atoms with E-state index in [0.29, 0.717) is 25.4 Å². The molecule has 17 heavy (non-hydrogen) atoms. The summed E-state index contributed by atoms with van der Waals surface area (Å²) in [6.45, 7) is 2.09. The van der Waals surface area contributed by atoms with Gasteiger partial charge in [0, 0.05) is 0 Å². The second-order valence-corrected chi connectivity index (χ2v) is 4.43. The molecule has 1 aliphatic rings. The van der Waals surface area contributed by atoms with E-state index < -0.39 is 5.41 Å². The van der Waals surface area contributed by atoms with Gasteiger partial charge in [0.05, 0.1) is 12.7 Å². The quantitative estimate of drug-likeness (QED) is 0.749. The van der Waals surface area contributed by atoms with Gasteiger partial charge in [-0.3, -0.25) is 4.79 Å². The van der Waals surface area contributed by atoms with E-state index in [1.165, 1.54) is 5.56 Å². The van der Waals surface area contributed by atoms with Gasteiger partial charge in [0.2, 0.25) is 0 Å². The number of hydrogen-bond acceptors (Lipinski definition) is 3. The van der Waals surface area contributed by atoms with Gasteiger partial charge in [0.1, 0.15) is 0 Å². The van der Waals surface area contributed by atoms with E-state index in [4.69, 9.17) is 10.00 Å². The third-order valence-electron chi connectivity index (χ3n) is 3.34. The van der Waals surface area contributed by atoms with Gasteiger partial charge in [-0.2, -0.15) is 5.26 Å². The summed E-state index contributed by atoms with van der Waals surface area (Å²) in [7, 11) is 0.